The van der Waals surface area contributed by atoms with Crippen molar-refractivity contribution < 1.29 is 14.7 Å². The highest BCUT2D eigenvalue weighted by Crippen LogP contribution is 2.37. The van der Waals surface area contributed by atoms with Crippen molar-refractivity contribution in [3.05, 3.63) is 26.7 Å². The molecular formula is C9H6Cl3NO3. The number of carbonyl (C=O) groups excluding carboxylic acids is 1. The van der Waals surface area contributed by atoms with Crippen LogP contribution in [0, 0.1) is 0 Å². The highest BCUT2D eigenvalue weighted by Gasteiger charge is 2.21. The standard InChI is InChI=1S/C9H6Cl3NO3/c1-3(14)13-8-5(11)2-4(10)7(12)6(8)9(15)16/h2H,1H3,(H,13,14)(H,15,16). The van der Waals surface area contributed by atoms with Crippen LogP contribution in [0.15, 0.2) is 6.07 Å². The molecule has 0 atom stereocenters. The van der Waals surface area contributed by atoms with E-state index >= 15 is 0 Å². The fourth-order valence-corrected chi connectivity index (χ4v) is 1.83. The third-order valence-corrected chi connectivity index (χ3v) is 2.77. The van der Waals surface area contributed by atoms with Gasteiger partial charge in [-0.05, 0) is 6.07 Å². The second-order valence-electron chi connectivity index (χ2n) is 2.89. The Bertz CT molecular complexity index is 474. The van der Waals surface area contributed by atoms with Gasteiger partial charge >= 0.3 is 5.97 Å². The molecule has 0 saturated heterocycles. The molecule has 0 aliphatic heterocycles. The van der Waals surface area contributed by atoms with E-state index in [1.807, 2.05) is 0 Å². The van der Waals surface area contributed by atoms with Gasteiger partial charge in [-0.1, -0.05) is 34.8 Å². The Kier molecular flexibility index (Phi) is 4.02. The summed E-state index contributed by atoms with van der Waals surface area (Å²) in [5.41, 5.74) is -0.384. The first-order valence-corrected chi connectivity index (χ1v) is 5.16. The second kappa shape index (κ2) is 4.91. The van der Waals surface area contributed by atoms with Gasteiger partial charge in [-0.15, -0.1) is 0 Å². The summed E-state index contributed by atoms with van der Waals surface area (Å²) in [6.45, 7) is 1.23. The molecule has 16 heavy (non-hydrogen) atoms. The molecule has 0 bridgehead atoms. The van der Waals surface area contributed by atoms with Gasteiger partial charge in [0.05, 0.1) is 20.8 Å². The number of rotatable bonds is 2. The van der Waals surface area contributed by atoms with Crippen molar-refractivity contribution in [3.8, 4) is 0 Å². The number of carboxylic acid groups (broad SMARTS) is 1. The summed E-state index contributed by atoms with van der Waals surface area (Å²) < 4.78 is 0. The van der Waals surface area contributed by atoms with Crippen molar-refractivity contribution in [2.45, 2.75) is 6.92 Å². The van der Waals surface area contributed by atoms with Crippen LogP contribution in [-0.4, -0.2) is 17.0 Å². The minimum Gasteiger partial charge on any atom is -0.478 e. The zero-order valence-electron chi connectivity index (χ0n) is 7.97. The second-order valence-corrected chi connectivity index (χ2v) is 4.08. The number of halogens is 3. The van der Waals surface area contributed by atoms with Gasteiger partial charge in [-0.2, -0.15) is 0 Å². The molecule has 4 nitrogen and oxygen atoms in total. The highest BCUT2D eigenvalue weighted by molar-refractivity contribution is 6.46. The lowest BCUT2D eigenvalue weighted by Gasteiger charge is -2.11. The highest BCUT2D eigenvalue weighted by atomic mass is 35.5. The maximum atomic E-state index is 11.0. The number of amides is 1. The molecule has 1 rings (SSSR count). The first kappa shape index (κ1) is 13.1. The monoisotopic (exact) mass is 281 g/mol. The molecule has 1 aromatic carbocycles. The van der Waals surface area contributed by atoms with E-state index in [-0.39, 0.29) is 26.3 Å². The van der Waals surface area contributed by atoms with Gasteiger partial charge in [-0.3, -0.25) is 4.79 Å². The summed E-state index contributed by atoms with van der Waals surface area (Å²) in [6.07, 6.45) is 0. The number of carboxylic acids is 1. The van der Waals surface area contributed by atoms with Gasteiger partial charge < -0.3 is 10.4 Å². The van der Waals surface area contributed by atoms with Crippen LogP contribution in [0.1, 0.15) is 17.3 Å². The lowest BCUT2D eigenvalue weighted by Crippen LogP contribution is -2.12. The molecule has 1 amide bonds. The molecule has 0 aromatic heterocycles. The fourth-order valence-electron chi connectivity index (χ4n) is 1.09. The number of carbonyl (C=O) groups is 2. The van der Waals surface area contributed by atoms with E-state index in [0.717, 1.165) is 0 Å². The molecule has 0 aliphatic rings. The molecule has 86 valence electrons. The lowest BCUT2D eigenvalue weighted by atomic mass is 10.1. The van der Waals surface area contributed by atoms with Crippen molar-refractivity contribution >= 4 is 52.4 Å². The van der Waals surface area contributed by atoms with E-state index in [9.17, 15) is 9.59 Å². The smallest absolute Gasteiger partial charge is 0.339 e. The largest absolute Gasteiger partial charge is 0.478 e. The summed E-state index contributed by atoms with van der Waals surface area (Å²) in [4.78, 5) is 21.9. The van der Waals surface area contributed by atoms with Crippen LogP contribution in [0.4, 0.5) is 5.69 Å². The molecule has 2 N–H and O–H groups in total. The summed E-state index contributed by atoms with van der Waals surface area (Å²) >= 11 is 17.2. The van der Waals surface area contributed by atoms with Crippen LogP contribution in [0.25, 0.3) is 0 Å². The van der Waals surface area contributed by atoms with E-state index < -0.39 is 11.9 Å². The minimum atomic E-state index is -1.32. The summed E-state index contributed by atoms with van der Waals surface area (Å²) in [5.74, 6) is -1.78. The molecule has 0 radical (unpaired) electrons. The molecule has 0 unspecified atom stereocenters. The third-order valence-electron chi connectivity index (χ3n) is 1.69. The van der Waals surface area contributed by atoms with Crippen LogP contribution in [0.2, 0.25) is 15.1 Å². The summed E-state index contributed by atoms with van der Waals surface area (Å²) in [6, 6.07) is 1.27. The first-order valence-electron chi connectivity index (χ1n) is 4.03. The van der Waals surface area contributed by atoms with Crippen LogP contribution in [-0.2, 0) is 4.79 Å². The Labute approximate surface area is 106 Å². The van der Waals surface area contributed by atoms with Crippen molar-refractivity contribution in [2.75, 3.05) is 5.32 Å². The van der Waals surface area contributed by atoms with Gasteiger partial charge in [0.25, 0.3) is 0 Å². The van der Waals surface area contributed by atoms with E-state index in [2.05, 4.69) is 5.32 Å². The predicted molar refractivity (Wildman–Crippen MR) is 62.7 cm³/mol. The Hall–Kier alpha value is -0.970. The number of benzene rings is 1. The average molecular weight is 283 g/mol. The fraction of sp³-hybridized carbons (Fsp3) is 0.111. The SMILES string of the molecule is CC(=O)Nc1c(Cl)cc(Cl)c(Cl)c1C(=O)O. The molecule has 7 heteroatoms. The van der Waals surface area contributed by atoms with Crippen molar-refractivity contribution in [1.29, 1.82) is 0 Å². The van der Waals surface area contributed by atoms with E-state index in [1.54, 1.807) is 0 Å². The van der Waals surface area contributed by atoms with Crippen LogP contribution >= 0.6 is 34.8 Å². The van der Waals surface area contributed by atoms with Crippen molar-refractivity contribution in [3.63, 3.8) is 0 Å². The van der Waals surface area contributed by atoms with Crippen molar-refractivity contribution in [1.82, 2.24) is 0 Å². The molecule has 0 spiro atoms. The molecule has 1 aromatic rings. The normalized spacial score (nSPS) is 10.0. The number of hydrogen-bond acceptors (Lipinski definition) is 2. The molecule has 0 fully saturated rings. The Balaban J connectivity index is 3.50. The summed E-state index contributed by atoms with van der Waals surface area (Å²) in [5, 5.41) is 11.1. The van der Waals surface area contributed by atoms with Crippen molar-refractivity contribution in [2.24, 2.45) is 0 Å². The Morgan fingerprint density at radius 2 is 1.81 bits per heavy atom. The average Bonchev–Trinajstić information content (AvgIpc) is 2.13. The van der Waals surface area contributed by atoms with Crippen LogP contribution < -0.4 is 5.32 Å². The minimum absolute atomic E-state index is 0.0122. The zero-order chi connectivity index (χ0) is 12.5. The quantitative estimate of drug-likeness (QED) is 0.818. The molecule has 0 heterocycles. The number of anilines is 1. The zero-order valence-corrected chi connectivity index (χ0v) is 10.2. The van der Waals surface area contributed by atoms with E-state index in [0.29, 0.717) is 0 Å². The number of aromatic carboxylic acids is 1. The maximum absolute atomic E-state index is 11.0. The number of nitrogens with one attached hydrogen (secondary N) is 1. The number of hydrogen-bond donors (Lipinski definition) is 2. The maximum Gasteiger partial charge on any atom is 0.339 e. The predicted octanol–water partition coefficient (Wildman–Crippen LogP) is 3.30. The third kappa shape index (κ3) is 2.58. The summed E-state index contributed by atoms with van der Waals surface area (Å²) in [7, 11) is 0. The molecule has 0 aliphatic carbocycles. The van der Waals surface area contributed by atoms with Gasteiger partial charge in [0, 0.05) is 6.92 Å². The first-order chi connectivity index (χ1) is 7.34. The van der Waals surface area contributed by atoms with Crippen LogP contribution in [0.5, 0.6) is 0 Å². The van der Waals surface area contributed by atoms with Gasteiger partial charge in [0.1, 0.15) is 5.56 Å². The van der Waals surface area contributed by atoms with Gasteiger partial charge in [0.2, 0.25) is 5.91 Å². The lowest BCUT2D eigenvalue weighted by molar-refractivity contribution is -0.114. The van der Waals surface area contributed by atoms with Gasteiger partial charge in [0.15, 0.2) is 0 Å². The van der Waals surface area contributed by atoms with Crippen LogP contribution in [0.3, 0.4) is 0 Å². The molecule has 0 saturated carbocycles. The van der Waals surface area contributed by atoms with Gasteiger partial charge in [-0.25, -0.2) is 4.79 Å². The Morgan fingerprint density at radius 3 is 2.25 bits per heavy atom. The topological polar surface area (TPSA) is 66.4 Å². The van der Waals surface area contributed by atoms with E-state index in [4.69, 9.17) is 39.9 Å². The Morgan fingerprint density at radius 1 is 1.25 bits per heavy atom. The molecular weight excluding hydrogens is 276 g/mol. The van der Waals surface area contributed by atoms with E-state index in [1.165, 1.54) is 13.0 Å².